The Morgan fingerprint density at radius 2 is 1.36 bits per heavy atom. The molecule has 0 radical (unpaired) electrons. The molecule has 2 aliphatic carbocycles. The molecule has 2 aliphatic rings. The van der Waals surface area contributed by atoms with Crippen LogP contribution in [0, 0.1) is 0 Å². The van der Waals surface area contributed by atoms with Crippen LogP contribution in [0.3, 0.4) is 0 Å². The SMILES string of the molecule is CC(C)(O)C(C)(C)OCBc1cccc2c1C1(c3ccccc3-2)c2ccccc2-c2c1ccc1oc3ccccc3c21. The Hall–Kier alpha value is -4.12. The predicted octanol–water partition coefficient (Wildman–Crippen LogP) is 7.51. The first-order valence-corrected chi connectivity index (χ1v) is 14.9. The Balaban J connectivity index is 1.42. The Kier molecular flexibility index (Phi) is 5.30. The Morgan fingerprint density at radius 1 is 0.690 bits per heavy atom. The second kappa shape index (κ2) is 8.70. The normalized spacial score (nSPS) is 17.0. The van der Waals surface area contributed by atoms with Crippen molar-refractivity contribution in [1.29, 1.82) is 0 Å². The van der Waals surface area contributed by atoms with E-state index in [1.807, 2.05) is 33.8 Å². The van der Waals surface area contributed by atoms with Gasteiger partial charge in [0.1, 0.15) is 11.2 Å². The van der Waals surface area contributed by atoms with Crippen LogP contribution in [0.25, 0.3) is 44.2 Å². The highest BCUT2D eigenvalue weighted by Gasteiger charge is 2.53. The monoisotopic (exact) mass is 548 g/mol. The minimum absolute atomic E-state index is 0.452. The van der Waals surface area contributed by atoms with Crippen LogP contribution in [0.5, 0.6) is 0 Å². The van der Waals surface area contributed by atoms with Crippen LogP contribution >= 0.6 is 0 Å². The fraction of sp³-hybridized carbons (Fsp3) is 0.211. The molecule has 1 aromatic heterocycles. The molecule has 0 amide bonds. The zero-order valence-electron chi connectivity index (χ0n) is 24.5. The number of aliphatic hydroxyl groups is 1. The van der Waals surface area contributed by atoms with Crippen molar-refractivity contribution in [1.82, 2.24) is 0 Å². The van der Waals surface area contributed by atoms with Crippen molar-refractivity contribution in [3.8, 4) is 22.3 Å². The quantitative estimate of drug-likeness (QED) is 0.226. The molecule has 1 unspecified atom stereocenters. The standard InChI is InChI=1S/C38H33BO3/c1-36(2,40)37(3,4)41-22-39-30-18-11-15-24-23-12-5-8-16-27(23)38(35(24)30)28-17-9-6-13-25(28)33-29(38)20-21-32-34(33)26-14-7-10-19-31(26)42-32/h5-21,39-40H,22H2,1-4H3. The summed E-state index contributed by atoms with van der Waals surface area (Å²) in [5.74, 6) is 0. The Morgan fingerprint density at radius 3 is 2.14 bits per heavy atom. The van der Waals surface area contributed by atoms with Crippen molar-refractivity contribution in [2.75, 3.05) is 6.51 Å². The summed E-state index contributed by atoms with van der Waals surface area (Å²) in [6.07, 6.45) is 0. The zero-order valence-corrected chi connectivity index (χ0v) is 24.5. The number of hydrogen-bond acceptors (Lipinski definition) is 3. The van der Waals surface area contributed by atoms with E-state index in [-0.39, 0.29) is 0 Å². The second-order valence-corrected chi connectivity index (χ2v) is 12.8. The lowest BCUT2D eigenvalue weighted by Crippen LogP contribution is -2.48. The highest BCUT2D eigenvalue weighted by atomic mass is 16.5. The minimum atomic E-state index is -0.953. The van der Waals surface area contributed by atoms with Gasteiger partial charge in [0.25, 0.3) is 0 Å². The maximum atomic E-state index is 10.7. The van der Waals surface area contributed by atoms with Crippen LogP contribution in [-0.4, -0.2) is 30.1 Å². The lowest BCUT2D eigenvalue weighted by molar-refractivity contribution is -0.135. The molecule has 0 aliphatic heterocycles. The summed E-state index contributed by atoms with van der Waals surface area (Å²) in [4.78, 5) is 0. The minimum Gasteiger partial charge on any atom is -0.456 e. The third-order valence-corrected chi connectivity index (χ3v) is 10.0. The molecule has 0 fully saturated rings. The third-order valence-electron chi connectivity index (χ3n) is 10.0. The average molecular weight is 548 g/mol. The molecule has 3 nitrogen and oxygen atoms in total. The van der Waals surface area contributed by atoms with Gasteiger partial charge in [-0.15, -0.1) is 0 Å². The van der Waals surface area contributed by atoms with E-state index in [9.17, 15) is 5.11 Å². The van der Waals surface area contributed by atoms with E-state index in [2.05, 4.69) is 97.1 Å². The van der Waals surface area contributed by atoms with Crippen LogP contribution in [0.15, 0.2) is 108 Å². The molecule has 206 valence electrons. The molecule has 1 heterocycles. The van der Waals surface area contributed by atoms with Crippen molar-refractivity contribution >= 4 is 34.7 Å². The van der Waals surface area contributed by atoms with E-state index in [0.717, 1.165) is 23.8 Å². The summed E-state index contributed by atoms with van der Waals surface area (Å²) in [7, 11) is 0.743. The van der Waals surface area contributed by atoms with Gasteiger partial charge in [-0.1, -0.05) is 96.5 Å². The molecule has 8 rings (SSSR count). The molecular formula is C38H33BO3. The molecule has 6 aromatic rings. The lowest BCUT2D eigenvalue weighted by Gasteiger charge is -2.37. The maximum Gasteiger partial charge on any atom is 0.189 e. The highest BCUT2D eigenvalue weighted by molar-refractivity contribution is 6.54. The van der Waals surface area contributed by atoms with E-state index >= 15 is 0 Å². The fourth-order valence-corrected chi connectivity index (χ4v) is 7.39. The number of fused-ring (bicyclic) bond motifs is 14. The van der Waals surface area contributed by atoms with Gasteiger partial charge in [-0.05, 0) is 84.3 Å². The second-order valence-electron chi connectivity index (χ2n) is 12.8. The Bertz CT molecular complexity index is 2040. The lowest BCUT2D eigenvalue weighted by atomic mass is 9.61. The molecule has 1 spiro atoms. The van der Waals surface area contributed by atoms with E-state index in [1.165, 1.54) is 55.4 Å². The van der Waals surface area contributed by atoms with E-state index in [4.69, 9.17) is 9.15 Å². The average Bonchev–Trinajstić information content (AvgIpc) is 3.60. The smallest absolute Gasteiger partial charge is 0.189 e. The molecular weight excluding hydrogens is 515 g/mol. The number of para-hydroxylation sites is 1. The topological polar surface area (TPSA) is 42.6 Å². The summed E-state index contributed by atoms with van der Waals surface area (Å²) in [6.45, 7) is 8.06. The van der Waals surface area contributed by atoms with Crippen LogP contribution in [-0.2, 0) is 10.2 Å². The van der Waals surface area contributed by atoms with Crippen LogP contribution in [0.2, 0.25) is 0 Å². The molecule has 0 saturated heterocycles. The van der Waals surface area contributed by atoms with E-state index in [1.54, 1.807) is 0 Å². The maximum absolute atomic E-state index is 10.7. The summed E-state index contributed by atoms with van der Waals surface area (Å²) >= 11 is 0. The van der Waals surface area contributed by atoms with Gasteiger partial charge in [-0.25, -0.2) is 0 Å². The van der Waals surface area contributed by atoms with Crippen molar-refractivity contribution in [2.24, 2.45) is 0 Å². The van der Waals surface area contributed by atoms with Crippen molar-refractivity contribution in [3.63, 3.8) is 0 Å². The molecule has 42 heavy (non-hydrogen) atoms. The molecule has 0 bridgehead atoms. The van der Waals surface area contributed by atoms with Crippen LogP contribution in [0.4, 0.5) is 0 Å². The van der Waals surface area contributed by atoms with Crippen molar-refractivity contribution in [3.05, 3.63) is 125 Å². The first kappa shape index (κ1) is 25.6. The van der Waals surface area contributed by atoms with Gasteiger partial charge in [-0.2, -0.15) is 0 Å². The molecule has 4 heteroatoms. The van der Waals surface area contributed by atoms with Crippen LogP contribution in [0.1, 0.15) is 49.9 Å². The van der Waals surface area contributed by atoms with Gasteiger partial charge in [0.2, 0.25) is 0 Å². The molecule has 0 saturated carbocycles. The molecule has 1 atom stereocenters. The number of benzene rings is 5. The number of ether oxygens (including phenoxy) is 1. The largest absolute Gasteiger partial charge is 0.456 e. The van der Waals surface area contributed by atoms with Gasteiger partial charge < -0.3 is 14.3 Å². The predicted molar refractivity (Wildman–Crippen MR) is 173 cm³/mol. The summed E-state index contributed by atoms with van der Waals surface area (Å²) in [5, 5.41) is 13.1. The van der Waals surface area contributed by atoms with Gasteiger partial charge in [-0.3, -0.25) is 0 Å². The summed E-state index contributed by atoms with van der Waals surface area (Å²) < 4.78 is 12.7. The zero-order chi connectivity index (χ0) is 28.9. The summed E-state index contributed by atoms with van der Waals surface area (Å²) in [6, 6.07) is 37.4. The van der Waals surface area contributed by atoms with Crippen LogP contribution < -0.4 is 5.46 Å². The van der Waals surface area contributed by atoms with Gasteiger partial charge in [0.15, 0.2) is 7.28 Å². The highest BCUT2D eigenvalue weighted by Crippen LogP contribution is 2.63. The van der Waals surface area contributed by atoms with Crippen molar-refractivity contribution in [2.45, 2.75) is 44.3 Å². The first-order valence-electron chi connectivity index (χ1n) is 14.9. The van der Waals surface area contributed by atoms with Gasteiger partial charge in [0.05, 0.1) is 16.6 Å². The number of hydrogen-bond donors (Lipinski definition) is 1. The summed E-state index contributed by atoms with van der Waals surface area (Å²) in [5.41, 5.74) is 11.4. The molecule has 5 aromatic carbocycles. The third kappa shape index (κ3) is 3.25. The fourth-order valence-electron chi connectivity index (χ4n) is 7.39. The van der Waals surface area contributed by atoms with E-state index < -0.39 is 16.6 Å². The van der Waals surface area contributed by atoms with Gasteiger partial charge in [0, 0.05) is 17.3 Å². The molecule has 1 N–H and O–H groups in total. The van der Waals surface area contributed by atoms with Gasteiger partial charge >= 0.3 is 0 Å². The number of furan rings is 1. The van der Waals surface area contributed by atoms with Crippen molar-refractivity contribution < 1.29 is 14.3 Å². The van der Waals surface area contributed by atoms with E-state index in [0.29, 0.717) is 6.51 Å². The first-order chi connectivity index (χ1) is 20.2. The number of rotatable bonds is 5. The Labute approximate surface area is 247 Å².